The van der Waals surface area contributed by atoms with Crippen molar-refractivity contribution in [3.8, 4) is 0 Å². The van der Waals surface area contributed by atoms with Crippen LogP contribution in [0.5, 0.6) is 0 Å². The zero-order valence-electron chi connectivity index (χ0n) is 19.6. The molecule has 33 heavy (non-hydrogen) atoms. The molecule has 7 heteroatoms. The molecular formula is C26H29N5O2. The highest BCUT2D eigenvalue weighted by Crippen LogP contribution is 2.23. The van der Waals surface area contributed by atoms with E-state index in [9.17, 15) is 9.59 Å². The normalized spacial score (nSPS) is 11.2. The van der Waals surface area contributed by atoms with Crippen LogP contribution < -0.4 is 5.32 Å². The van der Waals surface area contributed by atoms with Crippen molar-refractivity contribution in [2.45, 2.75) is 40.5 Å². The summed E-state index contributed by atoms with van der Waals surface area (Å²) in [6, 6.07) is 15.1. The number of fused-ring (bicyclic) bond motifs is 3. The van der Waals surface area contributed by atoms with Crippen molar-refractivity contribution in [3.05, 3.63) is 71.0 Å². The Morgan fingerprint density at radius 2 is 1.79 bits per heavy atom. The molecule has 0 saturated heterocycles. The third kappa shape index (κ3) is 4.44. The van der Waals surface area contributed by atoms with Crippen LogP contribution in [0.4, 0.5) is 5.69 Å². The Labute approximate surface area is 193 Å². The Morgan fingerprint density at radius 1 is 1.03 bits per heavy atom. The van der Waals surface area contributed by atoms with Gasteiger partial charge in [0.1, 0.15) is 0 Å². The van der Waals surface area contributed by atoms with Gasteiger partial charge in [0.25, 0.3) is 5.91 Å². The second kappa shape index (κ2) is 9.40. The standard InChI is InChI=1S/C26H29N5O2/c1-5-30(6-2)26(33)19-10-9-11-20(16-19)28-24(32)15-14-21-17(3)27-25-22-12-7-8-13-23(22)29-31(25)18(21)4/h7-13,16H,5-6,14-15H2,1-4H3,(H,28,32). The van der Waals surface area contributed by atoms with E-state index in [1.54, 1.807) is 29.2 Å². The maximum Gasteiger partial charge on any atom is 0.253 e. The van der Waals surface area contributed by atoms with E-state index in [-0.39, 0.29) is 11.8 Å². The quantitative estimate of drug-likeness (QED) is 0.454. The molecule has 0 unspecified atom stereocenters. The number of hydrogen-bond acceptors (Lipinski definition) is 4. The number of aromatic nitrogens is 3. The molecule has 0 spiro atoms. The Kier molecular flexibility index (Phi) is 6.40. The summed E-state index contributed by atoms with van der Waals surface area (Å²) in [5.74, 6) is -0.139. The first kappa shape index (κ1) is 22.5. The monoisotopic (exact) mass is 443 g/mol. The molecule has 0 fully saturated rings. The van der Waals surface area contributed by atoms with E-state index in [1.807, 2.05) is 56.5 Å². The number of benzene rings is 2. The molecule has 0 saturated carbocycles. The smallest absolute Gasteiger partial charge is 0.253 e. The van der Waals surface area contributed by atoms with Gasteiger partial charge in [-0.05, 0) is 70.0 Å². The number of carbonyl (C=O) groups excluding carboxylic acids is 2. The largest absolute Gasteiger partial charge is 0.339 e. The first-order chi connectivity index (χ1) is 15.9. The summed E-state index contributed by atoms with van der Waals surface area (Å²) in [6.45, 7) is 9.20. The predicted molar refractivity (Wildman–Crippen MR) is 131 cm³/mol. The topological polar surface area (TPSA) is 79.6 Å². The summed E-state index contributed by atoms with van der Waals surface area (Å²) < 4.78 is 1.87. The molecule has 2 aromatic heterocycles. The van der Waals surface area contributed by atoms with Crippen LogP contribution in [0.3, 0.4) is 0 Å². The van der Waals surface area contributed by atoms with E-state index in [2.05, 4.69) is 10.4 Å². The van der Waals surface area contributed by atoms with Gasteiger partial charge in [-0.3, -0.25) is 9.59 Å². The molecule has 2 amide bonds. The molecule has 7 nitrogen and oxygen atoms in total. The Bertz CT molecular complexity index is 1340. The molecular weight excluding hydrogens is 414 g/mol. The van der Waals surface area contributed by atoms with Gasteiger partial charge in [0, 0.05) is 47.5 Å². The first-order valence-electron chi connectivity index (χ1n) is 11.4. The van der Waals surface area contributed by atoms with Crippen LogP contribution in [0, 0.1) is 13.8 Å². The van der Waals surface area contributed by atoms with E-state index in [0.29, 0.717) is 37.2 Å². The zero-order valence-corrected chi connectivity index (χ0v) is 19.6. The second-order valence-corrected chi connectivity index (χ2v) is 8.12. The molecule has 170 valence electrons. The molecule has 4 rings (SSSR count). The van der Waals surface area contributed by atoms with Crippen molar-refractivity contribution in [3.63, 3.8) is 0 Å². The highest BCUT2D eigenvalue weighted by atomic mass is 16.2. The van der Waals surface area contributed by atoms with Crippen LogP contribution in [-0.2, 0) is 11.2 Å². The molecule has 2 aromatic carbocycles. The Morgan fingerprint density at radius 3 is 2.55 bits per heavy atom. The molecule has 1 N–H and O–H groups in total. The molecule has 0 aliphatic carbocycles. The minimum Gasteiger partial charge on any atom is -0.339 e. The molecule has 0 bridgehead atoms. The van der Waals surface area contributed by atoms with Crippen LogP contribution in [-0.4, -0.2) is 44.4 Å². The maximum absolute atomic E-state index is 12.7. The van der Waals surface area contributed by atoms with Crippen LogP contribution in [0.1, 0.15) is 47.6 Å². The number of nitrogens with one attached hydrogen (secondary N) is 1. The minimum atomic E-state index is -0.105. The summed E-state index contributed by atoms with van der Waals surface area (Å²) >= 11 is 0. The van der Waals surface area contributed by atoms with Gasteiger partial charge >= 0.3 is 0 Å². The number of carbonyl (C=O) groups is 2. The number of hydrogen-bond donors (Lipinski definition) is 1. The van der Waals surface area contributed by atoms with Gasteiger partial charge in [-0.2, -0.15) is 5.10 Å². The van der Waals surface area contributed by atoms with Gasteiger partial charge in [0.2, 0.25) is 5.91 Å². The second-order valence-electron chi connectivity index (χ2n) is 8.12. The van der Waals surface area contributed by atoms with Crippen molar-refractivity contribution in [1.82, 2.24) is 19.5 Å². The summed E-state index contributed by atoms with van der Waals surface area (Å²) in [4.78, 5) is 31.8. The average Bonchev–Trinajstić information content (AvgIpc) is 3.18. The Hall–Kier alpha value is -3.74. The number of anilines is 1. The molecule has 0 aliphatic heterocycles. The lowest BCUT2D eigenvalue weighted by atomic mass is 10.1. The van der Waals surface area contributed by atoms with Gasteiger partial charge in [0.15, 0.2) is 5.65 Å². The van der Waals surface area contributed by atoms with E-state index >= 15 is 0 Å². The fourth-order valence-electron chi connectivity index (χ4n) is 4.22. The molecule has 0 radical (unpaired) electrons. The van der Waals surface area contributed by atoms with Crippen LogP contribution in [0.15, 0.2) is 48.5 Å². The number of nitrogens with zero attached hydrogens (tertiary/aromatic N) is 4. The molecule has 0 aliphatic rings. The third-order valence-electron chi connectivity index (χ3n) is 6.06. The van der Waals surface area contributed by atoms with Crippen molar-refractivity contribution in [2.75, 3.05) is 18.4 Å². The summed E-state index contributed by atoms with van der Waals surface area (Å²) in [5.41, 5.74) is 5.86. The number of amides is 2. The van der Waals surface area contributed by atoms with E-state index in [0.717, 1.165) is 33.5 Å². The van der Waals surface area contributed by atoms with E-state index in [4.69, 9.17) is 4.98 Å². The lowest BCUT2D eigenvalue weighted by Gasteiger charge is -2.19. The SMILES string of the molecule is CCN(CC)C(=O)c1cccc(NC(=O)CCc2c(C)nc3c4ccccc4nn3c2C)c1. The van der Waals surface area contributed by atoms with Gasteiger partial charge < -0.3 is 10.2 Å². The number of rotatable bonds is 7. The van der Waals surface area contributed by atoms with E-state index < -0.39 is 0 Å². The average molecular weight is 444 g/mol. The van der Waals surface area contributed by atoms with Gasteiger partial charge in [-0.25, -0.2) is 9.50 Å². The lowest BCUT2D eigenvalue weighted by molar-refractivity contribution is -0.116. The predicted octanol–water partition coefficient (Wildman–Crippen LogP) is 4.55. The summed E-state index contributed by atoms with van der Waals surface area (Å²) in [6.07, 6.45) is 0.866. The van der Waals surface area contributed by atoms with Crippen molar-refractivity contribution in [1.29, 1.82) is 0 Å². The molecule has 4 aromatic rings. The molecule has 0 atom stereocenters. The summed E-state index contributed by atoms with van der Waals surface area (Å²) in [5, 5.41) is 8.63. The van der Waals surface area contributed by atoms with Crippen LogP contribution in [0.2, 0.25) is 0 Å². The first-order valence-corrected chi connectivity index (χ1v) is 11.4. The minimum absolute atomic E-state index is 0.0339. The molecule has 2 heterocycles. The third-order valence-corrected chi connectivity index (χ3v) is 6.06. The maximum atomic E-state index is 12.7. The fourth-order valence-corrected chi connectivity index (χ4v) is 4.22. The van der Waals surface area contributed by atoms with Gasteiger partial charge in [0.05, 0.1) is 5.52 Å². The van der Waals surface area contributed by atoms with E-state index in [1.165, 1.54) is 0 Å². The number of aryl methyl sites for hydroxylation is 2. The van der Waals surface area contributed by atoms with Gasteiger partial charge in [-0.15, -0.1) is 0 Å². The van der Waals surface area contributed by atoms with Crippen molar-refractivity contribution in [2.24, 2.45) is 0 Å². The zero-order chi connectivity index (χ0) is 23.5. The van der Waals surface area contributed by atoms with Crippen molar-refractivity contribution >= 4 is 34.1 Å². The van der Waals surface area contributed by atoms with Crippen LogP contribution >= 0.6 is 0 Å². The summed E-state index contributed by atoms with van der Waals surface area (Å²) in [7, 11) is 0. The fraction of sp³-hybridized carbons (Fsp3) is 0.308. The van der Waals surface area contributed by atoms with Gasteiger partial charge in [-0.1, -0.05) is 18.2 Å². The lowest BCUT2D eigenvalue weighted by Crippen LogP contribution is -2.30. The highest BCUT2D eigenvalue weighted by Gasteiger charge is 2.16. The van der Waals surface area contributed by atoms with Crippen molar-refractivity contribution < 1.29 is 9.59 Å². The van der Waals surface area contributed by atoms with Crippen LogP contribution in [0.25, 0.3) is 16.6 Å². The Balaban J connectivity index is 1.49. The highest BCUT2D eigenvalue weighted by molar-refractivity contribution is 5.97.